The molecule has 4 aromatic rings. The van der Waals surface area contributed by atoms with Crippen molar-refractivity contribution in [2.45, 2.75) is 16.4 Å². The van der Waals surface area contributed by atoms with Gasteiger partial charge in [0.1, 0.15) is 23.9 Å². The molecule has 7 nitrogen and oxygen atoms in total. The molecule has 0 saturated carbocycles. The van der Waals surface area contributed by atoms with Gasteiger partial charge in [0.05, 0.1) is 21.9 Å². The Morgan fingerprint density at radius 2 is 1.61 bits per heavy atom. The van der Waals surface area contributed by atoms with Crippen molar-refractivity contribution < 1.29 is 27.1 Å². The van der Waals surface area contributed by atoms with Crippen molar-refractivity contribution in [3.63, 3.8) is 0 Å². The van der Waals surface area contributed by atoms with Crippen molar-refractivity contribution in [3.8, 4) is 11.5 Å². The molecular weight excluding hydrogens is 549 g/mol. The molecule has 1 amide bonds. The smallest absolute Gasteiger partial charge is 0.291 e. The van der Waals surface area contributed by atoms with Gasteiger partial charge in [0.15, 0.2) is 5.76 Å². The van der Waals surface area contributed by atoms with E-state index in [4.69, 9.17) is 48.7 Å². The molecule has 36 heavy (non-hydrogen) atoms. The molecule has 3 aromatic carbocycles. The van der Waals surface area contributed by atoms with Gasteiger partial charge in [-0.2, -0.15) is 0 Å². The highest BCUT2D eigenvalue weighted by molar-refractivity contribution is 7.91. The summed E-state index contributed by atoms with van der Waals surface area (Å²) in [4.78, 5) is 12.8. The molecule has 1 aromatic heterocycles. The molecule has 1 heterocycles. The summed E-state index contributed by atoms with van der Waals surface area (Å²) in [6.07, 6.45) is 0. The van der Waals surface area contributed by atoms with Crippen LogP contribution in [0.15, 0.2) is 87.0 Å². The molecule has 0 bridgehead atoms. The predicted octanol–water partition coefficient (Wildman–Crippen LogP) is 6.91. The minimum Gasteiger partial charge on any atom is -0.497 e. The number of rotatable bonds is 8. The van der Waals surface area contributed by atoms with Gasteiger partial charge in [0.25, 0.3) is 5.91 Å². The number of halogens is 3. The van der Waals surface area contributed by atoms with E-state index in [9.17, 15) is 13.2 Å². The van der Waals surface area contributed by atoms with Gasteiger partial charge in [0, 0.05) is 21.8 Å². The zero-order valence-electron chi connectivity index (χ0n) is 18.6. The lowest BCUT2D eigenvalue weighted by Gasteiger charge is -2.11. The molecule has 4 rings (SSSR count). The van der Waals surface area contributed by atoms with Crippen LogP contribution < -0.4 is 14.8 Å². The second-order valence-corrected chi connectivity index (χ2v) is 10.7. The molecule has 0 saturated heterocycles. The van der Waals surface area contributed by atoms with Crippen LogP contribution in [-0.2, 0) is 16.4 Å². The fourth-order valence-corrected chi connectivity index (χ4v) is 5.09. The molecule has 0 radical (unpaired) electrons. The highest BCUT2D eigenvalue weighted by Gasteiger charge is 2.21. The zero-order valence-corrected chi connectivity index (χ0v) is 21.7. The van der Waals surface area contributed by atoms with Crippen molar-refractivity contribution in [1.29, 1.82) is 0 Å². The summed E-state index contributed by atoms with van der Waals surface area (Å²) in [6, 6.07) is 17.8. The Morgan fingerprint density at radius 3 is 2.31 bits per heavy atom. The molecule has 0 spiro atoms. The van der Waals surface area contributed by atoms with Gasteiger partial charge in [-0.15, -0.1) is 0 Å². The number of nitrogens with one attached hydrogen (secondary N) is 1. The normalized spacial score (nSPS) is 11.2. The number of hydrogen-bond acceptors (Lipinski definition) is 6. The number of benzene rings is 3. The molecule has 0 fully saturated rings. The first-order valence-corrected chi connectivity index (χ1v) is 12.9. The minimum atomic E-state index is -3.90. The maximum absolute atomic E-state index is 13.1. The van der Waals surface area contributed by atoms with Crippen molar-refractivity contribution >= 4 is 56.2 Å². The summed E-state index contributed by atoms with van der Waals surface area (Å²) in [5.41, 5.74) is 0.203. The van der Waals surface area contributed by atoms with Gasteiger partial charge in [-0.3, -0.25) is 4.79 Å². The number of furan rings is 1. The van der Waals surface area contributed by atoms with Crippen molar-refractivity contribution in [2.75, 3.05) is 12.4 Å². The standard InChI is InChI=1S/C25H18Cl3NO6S/c1-33-19-11-17(12-21(13-19)36(31,32)20-6-2-15(26)3-7-20)29-25(30)24-9-5-18(35-24)14-34-23-8-4-16(27)10-22(23)28/h2-13H,14H2,1H3,(H,29,30). The van der Waals surface area contributed by atoms with E-state index in [1.165, 1.54) is 55.6 Å². The topological polar surface area (TPSA) is 94.8 Å². The van der Waals surface area contributed by atoms with E-state index < -0.39 is 15.7 Å². The van der Waals surface area contributed by atoms with Crippen molar-refractivity contribution in [3.05, 3.63) is 99.4 Å². The van der Waals surface area contributed by atoms with Gasteiger partial charge in [0.2, 0.25) is 9.84 Å². The van der Waals surface area contributed by atoms with E-state index in [0.717, 1.165) is 0 Å². The zero-order chi connectivity index (χ0) is 25.9. The average molecular weight is 567 g/mol. The summed E-state index contributed by atoms with van der Waals surface area (Å²) in [7, 11) is -2.50. The molecule has 0 atom stereocenters. The summed E-state index contributed by atoms with van der Waals surface area (Å²) in [5, 5.41) is 3.86. The lowest BCUT2D eigenvalue weighted by atomic mass is 10.3. The monoisotopic (exact) mass is 565 g/mol. The van der Waals surface area contributed by atoms with E-state index in [1.54, 1.807) is 24.3 Å². The number of amides is 1. The number of carbonyl (C=O) groups excluding carboxylic acids is 1. The molecule has 0 aliphatic rings. The van der Waals surface area contributed by atoms with Crippen LogP contribution in [0.25, 0.3) is 0 Å². The van der Waals surface area contributed by atoms with Crippen LogP contribution >= 0.6 is 34.8 Å². The maximum atomic E-state index is 13.1. The van der Waals surface area contributed by atoms with Crippen LogP contribution in [0.3, 0.4) is 0 Å². The van der Waals surface area contributed by atoms with E-state index in [1.807, 2.05) is 0 Å². The highest BCUT2D eigenvalue weighted by atomic mass is 35.5. The Balaban J connectivity index is 1.50. The third-order valence-corrected chi connectivity index (χ3v) is 7.49. The van der Waals surface area contributed by atoms with Crippen LogP contribution in [0.1, 0.15) is 16.3 Å². The van der Waals surface area contributed by atoms with E-state index in [2.05, 4.69) is 5.32 Å². The van der Waals surface area contributed by atoms with Crippen LogP contribution in [0.4, 0.5) is 5.69 Å². The van der Waals surface area contributed by atoms with Crippen LogP contribution in [0, 0.1) is 0 Å². The number of methoxy groups -OCH3 is 1. The predicted molar refractivity (Wildman–Crippen MR) is 137 cm³/mol. The number of sulfone groups is 1. The van der Waals surface area contributed by atoms with Gasteiger partial charge >= 0.3 is 0 Å². The van der Waals surface area contributed by atoms with E-state index in [0.29, 0.717) is 26.6 Å². The Bertz CT molecular complexity index is 1520. The lowest BCUT2D eigenvalue weighted by molar-refractivity contribution is 0.0992. The molecular formula is C25H18Cl3NO6S. The summed E-state index contributed by atoms with van der Waals surface area (Å²) < 4.78 is 42.6. The van der Waals surface area contributed by atoms with Crippen molar-refractivity contribution in [2.24, 2.45) is 0 Å². The quantitative estimate of drug-likeness (QED) is 0.249. The second kappa shape index (κ2) is 10.8. The number of hydrogen-bond donors (Lipinski definition) is 1. The summed E-state index contributed by atoms with van der Waals surface area (Å²) >= 11 is 17.8. The van der Waals surface area contributed by atoms with Crippen LogP contribution in [-0.4, -0.2) is 21.4 Å². The lowest BCUT2D eigenvalue weighted by Crippen LogP contribution is -2.12. The Morgan fingerprint density at radius 1 is 0.889 bits per heavy atom. The second-order valence-electron chi connectivity index (χ2n) is 7.44. The Labute approximate surface area is 222 Å². The highest BCUT2D eigenvalue weighted by Crippen LogP contribution is 2.30. The fraction of sp³-hybridized carbons (Fsp3) is 0.0800. The Hall–Kier alpha value is -3.17. The third kappa shape index (κ3) is 5.96. The Kier molecular flexibility index (Phi) is 7.80. The molecule has 0 unspecified atom stereocenters. The largest absolute Gasteiger partial charge is 0.497 e. The number of carbonyl (C=O) groups is 1. The van der Waals surface area contributed by atoms with Gasteiger partial charge < -0.3 is 19.2 Å². The van der Waals surface area contributed by atoms with Gasteiger partial charge in [-0.1, -0.05) is 34.8 Å². The third-order valence-electron chi connectivity index (χ3n) is 4.96. The minimum absolute atomic E-state index is 0.000677. The van der Waals surface area contributed by atoms with Crippen LogP contribution in [0.5, 0.6) is 11.5 Å². The van der Waals surface area contributed by atoms with E-state index >= 15 is 0 Å². The fourth-order valence-electron chi connectivity index (χ4n) is 3.18. The first-order valence-electron chi connectivity index (χ1n) is 10.3. The number of ether oxygens (including phenoxy) is 2. The summed E-state index contributed by atoms with van der Waals surface area (Å²) in [6.45, 7) is 0.0251. The molecule has 0 aliphatic carbocycles. The molecule has 0 aliphatic heterocycles. The number of anilines is 1. The molecule has 1 N–H and O–H groups in total. The first-order chi connectivity index (χ1) is 17.2. The molecule has 186 valence electrons. The van der Waals surface area contributed by atoms with Gasteiger partial charge in [-0.25, -0.2) is 8.42 Å². The SMILES string of the molecule is COc1cc(NC(=O)c2ccc(COc3ccc(Cl)cc3Cl)o2)cc(S(=O)(=O)c2ccc(Cl)cc2)c1. The van der Waals surface area contributed by atoms with E-state index in [-0.39, 0.29) is 33.6 Å². The molecule has 11 heteroatoms. The van der Waals surface area contributed by atoms with Crippen molar-refractivity contribution in [1.82, 2.24) is 0 Å². The first kappa shape index (κ1) is 25.9. The summed E-state index contributed by atoms with van der Waals surface area (Å²) in [5.74, 6) is 0.445. The maximum Gasteiger partial charge on any atom is 0.291 e. The van der Waals surface area contributed by atoms with Gasteiger partial charge in [-0.05, 0) is 66.7 Å². The average Bonchev–Trinajstić information content (AvgIpc) is 3.33. The van der Waals surface area contributed by atoms with Crippen LogP contribution in [0.2, 0.25) is 15.1 Å².